The number of nitrogens with zero attached hydrogens (tertiary/aromatic N) is 1. The molecule has 1 saturated heterocycles. The molecule has 5 rings (SSSR count). The molecule has 0 aromatic rings. The number of hydrogen-bond donors (Lipinski definition) is 4. The fourth-order valence-electron chi connectivity index (χ4n) is 9.28. The maximum absolute atomic E-state index is 14.2. The number of ether oxygens (including phenoxy) is 3. The fourth-order valence-corrected chi connectivity index (χ4v) is 9.28. The molecule has 0 radical (unpaired) electrons. The minimum absolute atomic E-state index is 0.00889. The summed E-state index contributed by atoms with van der Waals surface area (Å²) in [6, 6.07) is 0. The van der Waals surface area contributed by atoms with Gasteiger partial charge in [-0.1, -0.05) is 45.3 Å². The number of amides is 1. The van der Waals surface area contributed by atoms with Crippen molar-refractivity contribution in [3.05, 3.63) is 23.8 Å². The first-order valence-corrected chi connectivity index (χ1v) is 16.6. The predicted molar refractivity (Wildman–Crippen MR) is 160 cm³/mol. The number of carbonyl (C=O) groups excluding carboxylic acids is 4. The Morgan fingerprint density at radius 1 is 1.17 bits per heavy atom. The van der Waals surface area contributed by atoms with E-state index >= 15 is 0 Å². The highest BCUT2D eigenvalue weighted by Gasteiger charge is 2.75. The van der Waals surface area contributed by atoms with Gasteiger partial charge in [0, 0.05) is 23.2 Å². The molecule has 4 fully saturated rings. The molecule has 1 amide bonds. The summed E-state index contributed by atoms with van der Waals surface area (Å²) in [6.45, 7) is 5.28. The van der Waals surface area contributed by atoms with Crippen molar-refractivity contribution in [3.8, 4) is 0 Å². The van der Waals surface area contributed by atoms with Crippen molar-refractivity contribution in [2.24, 2.45) is 28.6 Å². The fraction of sp³-hybridized carbons (Fsp3) is 0.758. The number of aliphatic hydroxyl groups excluding tert-OH is 1. The molecule has 0 bridgehead atoms. The van der Waals surface area contributed by atoms with Crippen LogP contribution in [0, 0.1) is 28.6 Å². The van der Waals surface area contributed by atoms with Crippen molar-refractivity contribution >= 4 is 23.4 Å². The van der Waals surface area contributed by atoms with Crippen LogP contribution in [0.1, 0.15) is 85.0 Å². The smallest absolute Gasteiger partial charge is 0.325 e. The maximum Gasteiger partial charge on any atom is 0.325 e. The molecule has 4 N–H and O–H groups in total. The predicted octanol–water partition coefficient (Wildman–Crippen LogP) is 2.96. The van der Waals surface area contributed by atoms with Crippen molar-refractivity contribution < 1.29 is 53.7 Å². The van der Waals surface area contributed by atoms with Crippen molar-refractivity contribution in [1.29, 1.82) is 0 Å². The Morgan fingerprint density at radius 3 is 2.70 bits per heavy atom. The summed E-state index contributed by atoms with van der Waals surface area (Å²) < 4.78 is 18.4. The molecular formula is C33H48N2O11. The normalized spacial score (nSPS) is 37.6. The topological polar surface area (TPSA) is 181 Å². The molecule has 0 aromatic heterocycles. The number of rotatable bonds is 14. The summed E-state index contributed by atoms with van der Waals surface area (Å²) in [5.74, 6) is -1.56. The van der Waals surface area contributed by atoms with E-state index in [1.54, 1.807) is 12.2 Å². The van der Waals surface area contributed by atoms with Crippen LogP contribution in [0.3, 0.4) is 0 Å². The Labute approximate surface area is 269 Å². The van der Waals surface area contributed by atoms with E-state index in [1.165, 1.54) is 0 Å². The van der Waals surface area contributed by atoms with Gasteiger partial charge in [0.05, 0.1) is 24.2 Å². The number of unbranched alkanes of at least 4 members (excludes halogenated alkanes) is 2. The second kappa shape index (κ2) is 13.9. The third kappa shape index (κ3) is 6.35. The third-order valence-electron chi connectivity index (χ3n) is 11.3. The molecule has 9 atom stereocenters. The van der Waals surface area contributed by atoms with E-state index < -0.39 is 59.8 Å². The molecule has 0 aromatic carbocycles. The minimum Gasteiger partial charge on any atom is -0.456 e. The van der Waals surface area contributed by atoms with Gasteiger partial charge in [-0.05, 0) is 68.9 Å². The summed E-state index contributed by atoms with van der Waals surface area (Å²) in [4.78, 5) is 55.6. The van der Waals surface area contributed by atoms with Gasteiger partial charge in [0.2, 0.25) is 11.7 Å². The Morgan fingerprint density at radius 2 is 1.96 bits per heavy atom. The van der Waals surface area contributed by atoms with Crippen LogP contribution in [0.5, 0.6) is 0 Å². The average molecular weight is 649 g/mol. The molecular weight excluding hydrogens is 600 g/mol. The highest BCUT2D eigenvalue weighted by atomic mass is 17.1. The number of aliphatic hydroxyl groups is 1. The minimum atomic E-state index is -1.39. The number of Topliss-reactive ketones (excluding diaryl/α,β-unsaturated/α-hetero) is 1. The number of carbonyl (C=O) groups is 4. The van der Waals surface area contributed by atoms with E-state index in [0.717, 1.165) is 24.8 Å². The van der Waals surface area contributed by atoms with Gasteiger partial charge >= 0.3 is 5.97 Å². The molecule has 13 heteroatoms. The van der Waals surface area contributed by atoms with Gasteiger partial charge in [0.1, 0.15) is 6.54 Å². The van der Waals surface area contributed by atoms with Gasteiger partial charge in [-0.25, -0.2) is 0 Å². The van der Waals surface area contributed by atoms with E-state index in [4.69, 9.17) is 24.6 Å². The first kappa shape index (κ1) is 34.8. The summed E-state index contributed by atoms with van der Waals surface area (Å²) in [6.07, 6.45) is 8.99. The lowest BCUT2D eigenvalue weighted by molar-refractivity contribution is -0.492. The van der Waals surface area contributed by atoms with Crippen molar-refractivity contribution in [2.45, 2.75) is 109 Å². The Balaban J connectivity index is 1.24. The van der Waals surface area contributed by atoms with Gasteiger partial charge in [-0.2, -0.15) is 0 Å². The van der Waals surface area contributed by atoms with E-state index in [-0.39, 0.29) is 47.9 Å². The molecule has 3 unspecified atom stereocenters. The summed E-state index contributed by atoms with van der Waals surface area (Å²) >= 11 is 0. The molecule has 1 aliphatic heterocycles. The summed E-state index contributed by atoms with van der Waals surface area (Å²) in [7, 11) is 0. The highest BCUT2D eigenvalue weighted by Crippen LogP contribution is 2.69. The molecule has 1 heterocycles. The van der Waals surface area contributed by atoms with Crippen molar-refractivity contribution in [1.82, 2.24) is 10.7 Å². The lowest BCUT2D eigenvalue weighted by Crippen LogP contribution is -2.63. The number of esters is 1. The lowest BCUT2D eigenvalue weighted by Gasteiger charge is -2.59. The SMILES string of the molecule is CCCC1O[C@@H]2CC3[C@@H]4CCC5=CC(=O)C=C[C@]5(C)C4[C@@H](O)C[C@]3(C)[C@]2(C(=O)COC(=O)CNC(=O)CCCCCON(O)O)O1. The van der Waals surface area contributed by atoms with Crippen LogP contribution in [0.15, 0.2) is 23.8 Å². The summed E-state index contributed by atoms with van der Waals surface area (Å²) in [5.41, 5.74) is -1.57. The molecule has 4 aliphatic carbocycles. The molecule has 5 aliphatic rings. The highest BCUT2D eigenvalue weighted by molar-refractivity contribution is 6.01. The maximum atomic E-state index is 14.2. The van der Waals surface area contributed by atoms with Gasteiger partial charge in [-0.3, -0.25) is 34.4 Å². The molecule has 46 heavy (non-hydrogen) atoms. The van der Waals surface area contributed by atoms with Gasteiger partial charge < -0.3 is 24.6 Å². The molecule has 256 valence electrons. The quantitative estimate of drug-likeness (QED) is 0.123. The zero-order chi connectivity index (χ0) is 33.3. The first-order chi connectivity index (χ1) is 21.9. The standard InChI is InChI=1S/C33H48N2O11/c1-4-8-29-45-26-16-23-22-11-10-20-15-21(36)12-13-31(20,2)30(22)24(37)17-32(23,3)33(26,46-29)25(38)19-43-28(40)18-34-27(39)9-6-5-7-14-44-35(41)42/h12-13,15,22-24,26,29-30,37,41-42H,4-11,14,16-19H2,1-3H3,(H,34,39)/t22-,23?,24-,26+,29?,30?,31-,32-,33+/m0/s1. The van der Waals surface area contributed by atoms with Crippen LogP contribution in [-0.2, 0) is 38.2 Å². The van der Waals surface area contributed by atoms with E-state index in [2.05, 4.69) is 17.1 Å². The Kier molecular flexibility index (Phi) is 10.5. The molecule has 0 spiro atoms. The van der Waals surface area contributed by atoms with Gasteiger partial charge in [0.15, 0.2) is 24.3 Å². The van der Waals surface area contributed by atoms with Gasteiger partial charge in [0.25, 0.3) is 0 Å². The largest absolute Gasteiger partial charge is 0.456 e. The zero-order valence-electron chi connectivity index (χ0n) is 26.9. The number of allylic oxidation sites excluding steroid dienone is 4. The number of nitrogens with one attached hydrogen (secondary N) is 1. The van der Waals surface area contributed by atoms with Crippen LogP contribution >= 0.6 is 0 Å². The van der Waals surface area contributed by atoms with Crippen molar-refractivity contribution in [3.63, 3.8) is 0 Å². The molecule has 3 saturated carbocycles. The number of fused-ring (bicyclic) bond motifs is 7. The Hall–Kier alpha value is -2.52. The average Bonchev–Trinajstić information content (AvgIpc) is 3.48. The monoisotopic (exact) mass is 648 g/mol. The Bertz CT molecular complexity index is 1250. The van der Waals surface area contributed by atoms with E-state index in [0.29, 0.717) is 38.5 Å². The third-order valence-corrected chi connectivity index (χ3v) is 11.3. The number of hydrogen-bond acceptors (Lipinski definition) is 12. The van der Waals surface area contributed by atoms with Crippen molar-refractivity contribution in [2.75, 3.05) is 19.8 Å². The number of ketones is 2. The van der Waals surface area contributed by atoms with Crippen LogP contribution in [-0.4, -0.2) is 88.2 Å². The van der Waals surface area contributed by atoms with Gasteiger partial charge in [-0.15, -0.1) is 0 Å². The first-order valence-electron chi connectivity index (χ1n) is 16.6. The van der Waals surface area contributed by atoms with Crippen LogP contribution in [0.4, 0.5) is 0 Å². The lowest BCUT2D eigenvalue weighted by atomic mass is 9.46. The second-order valence-corrected chi connectivity index (χ2v) is 13.9. The van der Waals surface area contributed by atoms with Crippen LogP contribution < -0.4 is 5.32 Å². The zero-order valence-corrected chi connectivity index (χ0v) is 26.9. The summed E-state index contributed by atoms with van der Waals surface area (Å²) in [5, 5.41) is 31.0. The second-order valence-electron chi connectivity index (χ2n) is 13.9. The van der Waals surface area contributed by atoms with E-state index in [1.807, 2.05) is 19.9 Å². The molecule has 13 nitrogen and oxygen atoms in total. The van der Waals surface area contributed by atoms with E-state index in [9.17, 15) is 24.3 Å². The van der Waals surface area contributed by atoms with Crippen LogP contribution in [0.25, 0.3) is 0 Å². The van der Waals surface area contributed by atoms with Crippen LogP contribution in [0.2, 0.25) is 0 Å².